The van der Waals surface area contributed by atoms with Crippen LogP contribution in [0.15, 0.2) is 110 Å². The van der Waals surface area contributed by atoms with Gasteiger partial charge >= 0.3 is 0 Å². The summed E-state index contributed by atoms with van der Waals surface area (Å²) in [5, 5.41) is 12.9. The molecule has 0 radical (unpaired) electrons. The highest BCUT2D eigenvalue weighted by molar-refractivity contribution is 6.28. The number of benzene rings is 2. The number of hydrogen-bond acceptors (Lipinski definition) is 10. The molecule has 2 aromatic carbocycles. The van der Waals surface area contributed by atoms with Gasteiger partial charge in [-0.1, -0.05) is 29.8 Å². The van der Waals surface area contributed by atoms with Crippen LogP contribution in [0.25, 0.3) is 0 Å². The van der Waals surface area contributed by atoms with Gasteiger partial charge in [-0.15, -0.1) is 0 Å². The number of aryl methyl sites for hydroxylation is 1. The Bertz CT molecular complexity index is 1890. The molecule has 0 aliphatic carbocycles. The molecule has 4 aromatic heterocycles. The summed E-state index contributed by atoms with van der Waals surface area (Å²) >= 11 is 12.0. The largest absolute Gasteiger partial charge is 0.348 e. The summed E-state index contributed by atoms with van der Waals surface area (Å²) < 4.78 is 4.90. The fourth-order valence-electron chi connectivity index (χ4n) is 4.62. The monoisotopic (exact) mass is 726 g/mol. The number of halogens is 2. The summed E-state index contributed by atoms with van der Waals surface area (Å²) in [5.41, 5.74) is 4.15. The minimum atomic E-state index is 0.125. The number of anilines is 6. The van der Waals surface area contributed by atoms with Crippen LogP contribution in [0, 0.1) is 6.92 Å². The molecule has 6 rings (SSSR count). The molecule has 262 valence electrons. The minimum absolute atomic E-state index is 0.125. The van der Waals surface area contributed by atoms with E-state index in [0.29, 0.717) is 36.9 Å². The molecule has 15 heteroatoms. The number of nitrogens with one attached hydrogen (secondary N) is 4. The van der Waals surface area contributed by atoms with Crippen LogP contribution in [-0.4, -0.2) is 64.1 Å². The van der Waals surface area contributed by atoms with Crippen molar-refractivity contribution in [2.75, 3.05) is 55.5 Å². The molecular formula is C36H42Cl2N13+3. The summed E-state index contributed by atoms with van der Waals surface area (Å²) in [6.07, 6.45) is 8.04. The van der Waals surface area contributed by atoms with Crippen LogP contribution >= 0.6 is 23.2 Å². The lowest BCUT2D eigenvalue weighted by molar-refractivity contribution is -0.694. The first-order valence-electron chi connectivity index (χ1n) is 16.3. The Labute approximate surface area is 308 Å². The van der Waals surface area contributed by atoms with Gasteiger partial charge in [-0.05, 0) is 54.4 Å². The second kappa shape index (κ2) is 17.9. The van der Waals surface area contributed by atoms with Crippen LogP contribution in [0.4, 0.5) is 40.9 Å². The predicted molar refractivity (Wildman–Crippen MR) is 204 cm³/mol. The molecular weight excluding hydrogens is 685 g/mol. The Kier molecular flexibility index (Phi) is 12.9. The van der Waals surface area contributed by atoms with Gasteiger partial charge in [0.25, 0.3) is 0 Å². The topological polar surface area (TPSA) is 133 Å². The van der Waals surface area contributed by atoms with E-state index in [0.717, 1.165) is 28.9 Å². The second-order valence-electron chi connectivity index (χ2n) is 12.3. The zero-order valence-corrected chi connectivity index (χ0v) is 30.5. The minimum Gasteiger partial charge on any atom is -0.348 e. The van der Waals surface area contributed by atoms with Gasteiger partial charge in [0.2, 0.25) is 34.4 Å². The Morgan fingerprint density at radius 3 is 1.35 bits per heavy atom. The quantitative estimate of drug-likeness (QED) is 0.0850. The Morgan fingerprint density at radius 1 is 0.529 bits per heavy atom. The average Bonchev–Trinajstić information content (AvgIpc) is 3.10. The van der Waals surface area contributed by atoms with E-state index in [4.69, 9.17) is 23.2 Å². The van der Waals surface area contributed by atoms with Crippen LogP contribution in [0.2, 0.25) is 10.6 Å². The van der Waals surface area contributed by atoms with Crippen molar-refractivity contribution in [1.29, 1.82) is 0 Å². The molecule has 0 atom stereocenters. The molecule has 0 amide bonds. The molecule has 4 heterocycles. The van der Waals surface area contributed by atoms with E-state index in [1.807, 2.05) is 105 Å². The molecule has 4 N–H and O–H groups in total. The number of aromatic nitrogens is 8. The van der Waals surface area contributed by atoms with Gasteiger partial charge in [0.05, 0.1) is 34.2 Å². The van der Waals surface area contributed by atoms with Gasteiger partial charge in [-0.2, -0.15) is 29.9 Å². The van der Waals surface area contributed by atoms with E-state index < -0.39 is 0 Å². The zero-order valence-electron chi connectivity index (χ0n) is 29.0. The van der Waals surface area contributed by atoms with Gasteiger partial charge in [-0.3, -0.25) is 4.48 Å². The Morgan fingerprint density at radius 2 is 0.922 bits per heavy atom. The number of nitrogens with zero attached hydrogens (tertiary/aromatic N) is 9. The Balaban J connectivity index is 0.000000198. The zero-order chi connectivity index (χ0) is 36.1. The molecule has 0 unspecified atom stereocenters. The van der Waals surface area contributed by atoms with Crippen molar-refractivity contribution in [2.24, 2.45) is 0 Å². The predicted octanol–water partition coefficient (Wildman–Crippen LogP) is 5.84. The van der Waals surface area contributed by atoms with Crippen LogP contribution in [0.5, 0.6) is 0 Å². The highest BCUT2D eigenvalue weighted by Gasteiger charge is 2.12. The van der Waals surface area contributed by atoms with Gasteiger partial charge < -0.3 is 21.3 Å². The lowest BCUT2D eigenvalue weighted by Gasteiger charge is -2.23. The first-order valence-corrected chi connectivity index (χ1v) is 17.1. The van der Waals surface area contributed by atoms with Crippen molar-refractivity contribution in [3.8, 4) is 0 Å². The van der Waals surface area contributed by atoms with E-state index in [1.54, 1.807) is 0 Å². The lowest BCUT2D eigenvalue weighted by Crippen LogP contribution is -2.36. The molecule has 51 heavy (non-hydrogen) atoms. The first kappa shape index (κ1) is 36.8. The fraction of sp³-hybridized carbons (Fsp3) is 0.222. The third kappa shape index (κ3) is 12.4. The van der Waals surface area contributed by atoms with E-state index in [-0.39, 0.29) is 10.6 Å². The molecule has 13 nitrogen and oxygen atoms in total. The second-order valence-corrected chi connectivity index (χ2v) is 12.9. The van der Waals surface area contributed by atoms with Crippen molar-refractivity contribution >= 4 is 64.1 Å². The number of hydrogen-bond donors (Lipinski definition) is 4. The van der Waals surface area contributed by atoms with E-state index in [2.05, 4.69) is 93.6 Å². The molecule has 0 saturated carbocycles. The molecule has 0 spiro atoms. The van der Waals surface area contributed by atoms with Crippen LogP contribution in [0.3, 0.4) is 0 Å². The molecule has 6 aromatic rings. The number of quaternary nitrogens is 1. The van der Waals surface area contributed by atoms with E-state index in [9.17, 15) is 0 Å². The van der Waals surface area contributed by atoms with Crippen molar-refractivity contribution in [3.63, 3.8) is 0 Å². The molecule has 0 saturated heterocycles. The lowest BCUT2D eigenvalue weighted by atomic mass is 10.2. The van der Waals surface area contributed by atoms with Crippen molar-refractivity contribution in [2.45, 2.75) is 20.0 Å². The normalized spacial score (nSPS) is 10.9. The maximum absolute atomic E-state index is 6.05. The smallest absolute Gasteiger partial charge is 0.233 e. The summed E-state index contributed by atoms with van der Waals surface area (Å²) in [7, 11) is 6.37. The number of rotatable bonds is 13. The van der Waals surface area contributed by atoms with E-state index >= 15 is 0 Å². The SMILES string of the molecule is Cc1ccc(Nc2nc(Cl)nc(Nc3ccc([N+](C)(C)C)cc3)n2)cc1.Clc1nc(NCC[n+]2ccccc2)nc(NCC[n+]2ccccc2)n1. The van der Waals surface area contributed by atoms with Crippen LogP contribution in [-0.2, 0) is 13.1 Å². The van der Waals surface area contributed by atoms with Crippen LogP contribution in [0.1, 0.15) is 5.56 Å². The van der Waals surface area contributed by atoms with Gasteiger partial charge in [0.1, 0.15) is 5.69 Å². The highest BCUT2D eigenvalue weighted by atomic mass is 35.5. The first-order chi connectivity index (χ1) is 24.6. The molecule has 0 bridgehead atoms. The van der Waals surface area contributed by atoms with E-state index in [1.165, 1.54) is 11.3 Å². The molecule has 0 fully saturated rings. The number of pyridine rings is 2. The summed E-state index contributed by atoms with van der Waals surface area (Å²) in [4.78, 5) is 25.2. The standard InChI is InChI=1S/C19H22ClN6.C17H20ClN7/c1-13-5-7-14(8-6-13)21-18-23-17(20)24-19(25-18)22-15-9-11-16(12-10-15)26(2,3)4;18-15-21-16(19-7-13-24-9-3-1-4-10-24)23-17(22-15)20-8-14-25-11-5-2-6-12-25/h5-12H,1-4H3,(H2,21,22,23,24,25);1-6,9-12H,7-8,13-14H2,(H2,19,20,21,22,23)/q+1;+2. The average molecular weight is 728 g/mol. The van der Waals surface area contributed by atoms with Crippen LogP contribution < -0.4 is 34.9 Å². The summed E-state index contributed by atoms with van der Waals surface area (Å²) in [5.74, 6) is 1.70. The molecule has 0 aliphatic heterocycles. The van der Waals surface area contributed by atoms with Crippen molar-refractivity contribution < 1.29 is 9.13 Å². The fourth-order valence-corrected chi connectivity index (χ4v) is 4.94. The summed E-state index contributed by atoms with van der Waals surface area (Å²) in [6, 6.07) is 28.0. The molecule has 0 aliphatic rings. The van der Waals surface area contributed by atoms with Gasteiger partial charge in [0, 0.05) is 47.8 Å². The third-order valence-corrected chi connectivity index (χ3v) is 7.62. The van der Waals surface area contributed by atoms with Gasteiger partial charge in [-0.25, -0.2) is 9.13 Å². The Hall–Kier alpha value is -5.50. The van der Waals surface area contributed by atoms with Gasteiger partial charge in [0.15, 0.2) is 37.9 Å². The third-order valence-electron chi connectivity index (χ3n) is 7.28. The maximum atomic E-state index is 6.05. The van der Waals surface area contributed by atoms with Crippen molar-refractivity contribution in [3.05, 3.63) is 126 Å². The maximum Gasteiger partial charge on any atom is 0.233 e. The van der Waals surface area contributed by atoms with Crippen molar-refractivity contribution in [1.82, 2.24) is 34.4 Å². The highest BCUT2D eigenvalue weighted by Crippen LogP contribution is 2.23. The summed E-state index contributed by atoms with van der Waals surface area (Å²) in [6.45, 7) is 5.02.